The highest BCUT2D eigenvalue weighted by Gasteiger charge is 2.34. The fraction of sp³-hybridized carbons (Fsp3) is 0.212. The Bertz CT molecular complexity index is 1850. The number of rotatable bonds is 8. The number of nitrogens with zero attached hydrogens (tertiary/aromatic N) is 3. The molecule has 44 heavy (non-hydrogen) atoms. The van der Waals surface area contributed by atoms with Crippen molar-refractivity contribution in [3.63, 3.8) is 0 Å². The summed E-state index contributed by atoms with van der Waals surface area (Å²) in [6, 6.07) is 20.7. The number of amides is 2. The number of fused-ring (bicyclic) bond motifs is 1. The van der Waals surface area contributed by atoms with Crippen molar-refractivity contribution in [1.29, 1.82) is 0 Å². The number of carbonyl (C=O) groups is 2. The third-order valence-corrected chi connectivity index (χ3v) is 7.79. The van der Waals surface area contributed by atoms with Gasteiger partial charge in [0.05, 0.1) is 34.7 Å². The van der Waals surface area contributed by atoms with Gasteiger partial charge in [0.25, 0.3) is 11.8 Å². The minimum Gasteiger partial charge on any atom is -0.352 e. The SMILES string of the molecule is Cc1ccc(CCNC(=O)c2ccc(Cn3nc(C)c(NC(=O)c4cc(C(F)(F)F)nc5ccc(Br)cc45)c3C)cc2)cc1. The highest BCUT2D eigenvalue weighted by Crippen LogP contribution is 2.33. The fourth-order valence-corrected chi connectivity index (χ4v) is 5.22. The molecule has 0 fully saturated rings. The first-order valence-electron chi connectivity index (χ1n) is 13.8. The van der Waals surface area contributed by atoms with E-state index in [1.165, 1.54) is 11.6 Å². The number of anilines is 1. The molecule has 0 spiro atoms. The minimum absolute atomic E-state index is 0.0562. The van der Waals surface area contributed by atoms with Crippen LogP contribution < -0.4 is 10.6 Å². The van der Waals surface area contributed by atoms with Gasteiger partial charge < -0.3 is 10.6 Å². The maximum atomic E-state index is 13.6. The summed E-state index contributed by atoms with van der Waals surface area (Å²) in [7, 11) is 0. The van der Waals surface area contributed by atoms with E-state index in [-0.39, 0.29) is 22.4 Å². The fourth-order valence-electron chi connectivity index (χ4n) is 4.86. The molecule has 0 atom stereocenters. The van der Waals surface area contributed by atoms with E-state index in [2.05, 4.69) is 48.8 Å². The molecular formula is C33H29BrF3N5O2. The summed E-state index contributed by atoms with van der Waals surface area (Å²) in [6.45, 7) is 6.40. The average Bonchev–Trinajstić information content (AvgIpc) is 3.24. The van der Waals surface area contributed by atoms with Gasteiger partial charge in [-0.15, -0.1) is 0 Å². The Balaban J connectivity index is 1.28. The molecule has 11 heteroatoms. The summed E-state index contributed by atoms with van der Waals surface area (Å²) in [5, 5.41) is 10.5. The summed E-state index contributed by atoms with van der Waals surface area (Å²) >= 11 is 3.32. The van der Waals surface area contributed by atoms with Crippen LogP contribution in [0.3, 0.4) is 0 Å². The Morgan fingerprint density at radius 1 is 0.886 bits per heavy atom. The van der Waals surface area contributed by atoms with Crippen molar-refractivity contribution in [3.05, 3.63) is 122 Å². The largest absolute Gasteiger partial charge is 0.433 e. The van der Waals surface area contributed by atoms with Crippen LogP contribution in [-0.2, 0) is 19.1 Å². The topological polar surface area (TPSA) is 88.9 Å². The first-order valence-corrected chi connectivity index (χ1v) is 14.6. The third kappa shape index (κ3) is 6.99. The maximum absolute atomic E-state index is 13.6. The maximum Gasteiger partial charge on any atom is 0.433 e. The monoisotopic (exact) mass is 663 g/mol. The van der Waals surface area contributed by atoms with Gasteiger partial charge in [-0.2, -0.15) is 18.3 Å². The van der Waals surface area contributed by atoms with E-state index in [1.807, 2.05) is 31.2 Å². The van der Waals surface area contributed by atoms with Crippen molar-refractivity contribution in [2.75, 3.05) is 11.9 Å². The van der Waals surface area contributed by atoms with Crippen LogP contribution in [0.4, 0.5) is 18.9 Å². The molecule has 0 aliphatic rings. The lowest BCUT2D eigenvalue weighted by Gasteiger charge is -2.13. The first kappa shape index (κ1) is 30.9. The summed E-state index contributed by atoms with van der Waals surface area (Å²) < 4.78 is 43.0. The van der Waals surface area contributed by atoms with Gasteiger partial charge in [0.2, 0.25) is 0 Å². The molecule has 2 N–H and O–H groups in total. The molecule has 5 rings (SSSR count). The smallest absolute Gasteiger partial charge is 0.352 e. The molecule has 7 nitrogen and oxygen atoms in total. The number of nitrogens with one attached hydrogen (secondary N) is 2. The van der Waals surface area contributed by atoms with E-state index in [0.29, 0.717) is 40.2 Å². The molecule has 0 aliphatic heterocycles. The number of hydrogen-bond donors (Lipinski definition) is 2. The van der Waals surface area contributed by atoms with Gasteiger partial charge in [0, 0.05) is 22.0 Å². The summed E-state index contributed by atoms with van der Waals surface area (Å²) in [5.74, 6) is -0.867. The normalized spacial score (nSPS) is 11.5. The number of aryl methyl sites for hydroxylation is 2. The molecule has 5 aromatic rings. The van der Waals surface area contributed by atoms with Crippen LogP contribution in [0.1, 0.15) is 54.5 Å². The number of benzene rings is 3. The number of halogens is 4. The zero-order valence-corrected chi connectivity index (χ0v) is 25.8. The first-order chi connectivity index (χ1) is 20.9. The second-order valence-corrected chi connectivity index (χ2v) is 11.5. The molecule has 0 unspecified atom stereocenters. The molecule has 0 bridgehead atoms. The van der Waals surface area contributed by atoms with Gasteiger partial charge in [-0.05, 0) is 74.7 Å². The highest BCUT2D eigenvalue weighted by atomic mass is 79.9. The molecule has 2 amide bonds. The predicted octanol–water partition coefficient (Wildman–Crippen LogP) is 7.41. The lowest BCUT2D eigenvalue weighted by Crippen LogP contribution is -2.25. The standard InChI is InChI=1S/C33H29BrF3N5O2/c1-19-4-6-22(7-5-19)14-15-38-31(43)24-10-8-23(9-11-24)18-42-21(3)30(20(2)41-42)40-32(44)27-17-29(33(35,36)37)39-28-13-12-25(34)16-26(27)28/h4-13,16-17H,14-15,18H2,1-3H3,(H,38,43)(H,40,44). The Labute approximate surface area is 260 Å². The van der Waals surface area contributed by atoms with Crippen molar-refractivity contribution < 1.29 is 22.8 Å². The summed E-state index contributed by atoms with van der Waals surface area (Å²) in [4.78, 5) is 29.7. The van der Waals surface area contributed by atoms with E-state index in [1.54, 1.807) is 42.8 Å². The second kappa shape index (κ2) is 12.6. The molecule has 2 aromatic heterocycles. The van der Waals surface area contributed by atoms with Crippen LogP contribution in [0.2, 0.25) is 0 Å². The van der Waals surface area contributed by atoms with Gasteiger partial charge in [-0.25, -0.2) is 4.98 Å². The Morgan fingerprint density at radius 3 is 2.25 bits per heavy atom. The summed E-state index contributed by atoms with van der Waals surface area (Å²) in [6.07, 6.45) is -3.98. The number of hydrogen-bond acceptors (Lipinski definition) is 4. The van der Waals surface area contributed by atoms with Gasteiger partial charge in [-0.3, -0.25) is 14.3 Å². The Morgan fingerprint density at radius 2 is 1.57 bits per heavy atom. The van der Waals surface area contributed by atoms with E-state index in [9.17, 15) is 22.8 Å². The van der Waals surface area contributed by atoms with E-state index < -0.39 is 17.8 Å². The van der Waals surface area contributed by atoms with E-state index in [4.69, 9.17) is 0 Å². The van der Waals surface area contributed by atoms with E-state index >= 15 is 0 Å². The van der Waals surface area contributed by atoms with Crippen LogP contribution >= 0.6 is 15.9 Å². The van der Waals surface area contributed by atoms with Crippen molar-refractivity contribution >= 4 is 44.3 Å². The molecule has 0 aliphatic carbocycles. The number of carbonyl (C=O) groups excluding carboxylic acids is 2. The van der Waals surface area contributed by atoms with Crippen LogP contribution in [0.15, 0.2) is 77.3 Å². The second-order valence-electron chi connectivity index (χ2n) is 10.6. The molecule has 0 saturated heterocycles. The highest BCUT2D eigenvalue weighted by molar-refractivity contribution is 9.10. The zero-order chi connectivity index (χ0) is 31.6. The van der Waals surface area contributed by atoms with Gasteiger partial charge in [-0.1, -0.05) is 57.9 Å². The Hall–Kier alpha value is -4.51. The van der Waals surface area contributed by atoms with Crippen molar-refractivity contribution in [3.8, 4) is 0 Å². The lowest BCUT2D eigenvalue weighted by molar-refractivity contribution is -0.141. The van der Waals surface area contributed by atoms with Gasteiger partial charge in [0.15, 0.2) is 0 Å². The van der Waals surface area contributed by atoms with Crippen LogP contribution in [-0.4, -0.2) is 33.1 Å². The van der Waals surface area contributed by atoms with Crippen LogP contribution in [0.25, 0.3) is 10.9 Å². The van der Waals surface area contributed by atoms with Crippen molar-refractivity contribution in [2.45, 2.75) is 39.9 Å². The molecular weight excluding hydrogens is 635 g/mol. The van der Waals surface area contributed by atoms with Crippen LogP contribution in [0, 0.1) is 20.8 Å². The molecule has 226 valence electrons. The molecule has 2 heterocycles. The van der Waals surface area contributed by atoms with Crippen molar-refractivity contribution in [2.24, 2.45) is 0 Å². The van der Waals surface area contributed by atoms with E-state index in [0.717, 1.165) is 23.6 Å². The van der Waals surface area contributed by atoms with Gasteiger partial charge >= 0.3 is 6.18 Å². The number of alkyl halides is 3. The number of pyridine rings is 1. The Kier molecular flexibility index (Phi) is 8.87. The van der Waals surface area contributed by atoms with Crippen molar-refractivity contribution in [1.82, 2.24) is 20.1 Å². The molecule has 0 saturated carbocycles. The predicted molar refractivity (Wildman–Crippen MR) is 167 cm³/mol. The quantitative estimate of drug-likeness (QED) is 0.181. The number of aromatic nitrogens is 3. The van der Waals surface area contributed by atoms with Crippen LogP contribution in [0.5, 0.6) is 0 Å². The summed E-state index contributed by atoms with van der Waals surface area (Å²) in [5.41, 5.74) is 4.06. The third-order valence-electron chi connectivity index (χ3n) is 7.29. The molecule has 0 radical (unpaired) electrons. The average molecular weight is 665 g/mol. The zero-order valence-electron chi connectivity index (χ0n) is 24.2. The lowest BCUT2D eigenvalue weighted by atomic mass is 10.1. The minimum atomic E-state index is -4.72. The molecule has 3 aromatic carbocycles. The van der Waals surface area contributed by atoms with Gasteiger partial charge in [0.1, 0.15) is 5.69 Å².